The minimum absolute atomic E-state index is 0.439. The molecule has 0 atom stereocenters. The Balaban J connectivity index is 2.23. The molecule has 2 aromatic heterocycles. The molecule has 2 rings (SSSR count). The summed E-state index contributed by atoms with van der Waals surface area (Å²) in [5.74, 6) is 0.785. The van der Waals surface area contributed by atoms with Crippen molar-refractivity contribution >= 4 is 0 Å². The van der Waals surface area contributed by atoms with Gasteiger partial charge in [-0.15, -0.1) is 0 Å². The molecule has 0 aliphatic heterocycles. The molecule has 86 valence electrons. The van der Waals surface area contributed by atoms with Crippen molar-refractivity contribution < 1.29 is 4.52 Å². The highest BCUT2D eigenvalue weighted by atomic mass is 16.5. The molecule has 0 bridgehead atoms. The van der Waals surface area contributed by atoms with Crippen LogP contribution in [0, 0.1) is 0 Å². The first-order valence-corrected chi connectivity index (χ1v) is 5.34. The maximum absolute atomic E-state index is 5.27. The number of nitrogens with one attached hydrogen (secondary N) is 1. The first-order valence-electron chi connectivity index (χ1n) is 5.34. The van der Waals surface area contributed by atoms with E-state index in [9.17, 15) is 0 Å². The first kappa shape index (κ1) is 10.9. The number of aryl methyl sites for hydroxylation is 1. The highest BCUT2D eigenvalue weighted by molar-refractivity contribution is 5.55. The van der Waals surface area contributed by atoms with Gasteiger partial charge in [0.15, 0.2) is 5.76 Å². The number of aromatic nitrogens is 3. The lowest BCUT2D eigenvalue weighted by Crippen LogP contribution is -2.21. The molecular weight excluding hydrogens is 204 g/mol. The summed E-state index contributed by atoms with van der Waals surface area (Å²) in [5.41, 5.74) is 2.00. The third-order valence-corrected chi connectivity index (χ3v) is 2.40. The summed E-state index contributed by atoms with van der Waals surface area (Å²) in [6.07, 6.45) is 3.50. The van der Waals surface area contributed by atoms with Crippen LogP contribution in [0.2, 0.25) is 0 Å². The molecule has 5 nitrogen and oxygen atoms in total. The second kappa shape index (κ2) is 4.49. The van der Waals surface area contributed by atoms with Crippen LogP contribution in [0.25, 0.3) is 11.5 Å². The van der Waals surface area contributed by atoms with Gasteiger partial charge in [0.05, 0.1) is 6.20 Å². The molecule has 0 fully saturated rings. The van der Waals surface area contributed by atoms with Crippen LogP contribution in [0.15, 0.2) is 23.0 Å². The van der Waals surface area contributed by atoms with Crippen molar-refractivity contribution in [2.45, 2.75) is 26.4 Å². The summed E-state index contributed by atoms with van der Waals surface area (Å²) in [7, 11) is 1.89. The molecule has 0 unspecified atom stereocenters. The van der Waals surface area contributed by atoms with Gasteiger partial charge < -0.3 is 9.84 Å². The predicted molar refractivity (Wildman–Crippen MR) is 60.7 cm³/mol. The Kier molecular flexibility index (Phi) is 3.05. The second-order valence-corrected chi connectivity index (χ2v) is 4.06. The number of nitrogens with zero attached hydrogens (tertiary/aromatic N) is 3. The van der Waals surface area contributed by atoms with Crippen LogP contribution < -0.4 is 5.32 Å². The highest BCUT2D eigenvalue weighted by Crippen LogP contribution is 2.22. The Hall–Kier alpha value is -1.62. The van der Waals surface area contributed by atoms with Crippen LogP contribution in [0.4, 0.5) is 0 Å². The molecule has 0 aliphatic carbocycles. The molecule has 0 aliphatic rings. The molecule has 16 heavy (non-hydrogen) atoms. The first-order chi connectivity index (χ1) is 7.68. The third-order valence-electron chi connectivity index (χ3n) is 2.40. The molecule has 0 saturated heterocycles. The van der Waals surface area contributed by atoms with Gasteiger partial charge in [-0.05, 0) is 6.07 Å². The lowest BCUT2D eigenvalue weighted by molar-refractivity contribution is 0.427. The van der Waals surface area contributed by atoms with Gasteiger partial charge in [-0.2, -0.15) is 5.10 Å². The molecule has 0 radical (unpaired) electrons. The normalized spacial score (nSPS) is 11.2. The summed E-state index contributed by atoms with van der Waals surface area (Å²) >= 11 is 0. The fourth-order valence-corrected chi connectivity index (χ4v) is 1.51. The zero-order valence-electron chi connectivity index (χ0n) is 9.77. The second-order valence-electron chi connectivity index (χ2n) is 4.06. The van der Waals surface area contributed by atoms with E-state index in [0.29, 0.717) is 6.04 Å². The molecule has 2 aromatic rings. The van der Waals surface area contributed by atoms with Crippen LogP contribution in [0.1, 0.15) is 19.4 Å². The van der Waals surface area contributed by atoms with E-state index in [0.717, 1.165) is 23.6 Å². The Morgan fingerprint density at radius 2 is 2.31 bits per heavy atom. The van der Waals surface area contributed by atoms with Gasteiger partial charge in [-0.1, -0.05) is 19.0 Å². The molecule has 0 saturated carbocycles. The van der Waals surface area contributed by atoms with Gasteiger partial charge >= 0.3 is 0 Å². The van der Waals surface area contributed by atoms with Gasteiger partial charge in [0, 0.05) is 31.4 Å². The molecule has 1 N–H and O–H groups in total. The maximum Gasteiger partial charge on any atom is 0.189 e. The molecule has 2 heterocycles. The Bertz CT molecular complexity index is 458. The van der Waals surface area contributed by atoms with E-state index in [4.69, 9.17) is 4.52 Å². The summed E-state index contributed by atoms with van der Waals surface area (Å²) in [6.45, 7) is 4.97. The smallest absolute Gasteiger partial charge is 0.189 e. The van der Waals surface area contributed by atoms with Crippen LogP contribution in [-0.4, -0.2) is 21.0 Å². The number of hydrogen-bond acceptors (Lipinski definition) is 4. The van der Waals surface area contributed by atoms with Crippen LogP contribution in [-0.2, 0) is 13.6 Å². The summed E-state index contributed by atoms with van der Waals surface area (Å²) in [6, 6.07) is 2.36. The summed E-state index contributed by atoms with van der Waals surface area (Å²) < 4.78 is 7.05. The van der Waals surface area contributed by atoms with Crippen molar-refractivity contribution in [3.63, 3.8) is 0 Å². The zero-order valence-corrected chi connectivity index (χ0v) is 9.77. The Morgan fingerprint density at radius 3 is 2.94 bits per heavy atom. The summed E-state index contributed by atoms with van der Waals surface area (Å²) in [4.78, 5) is 0. The average molecular weight is 220 g/mol. The van der Waals surface area contributed by atoms with Crippen molar-refractivity contribution in [1.29, 1.82) is 0 Å². The zero-order chi connectivity index (χ0) is 11.5. The lowest BCUT2D eigenvalue weighted by Gasteiger charge is -2.07. The molecular formula is C11H16N4O. The average Bonchev–Trinajstić information content (AvgIpc) is 2.82. The SMILES string of the molecule is CC(C)NCc1cnoc1-c1ccnn1C. The minimum atomic E-state index is 0.439. The van der Waals surface area contributed by atoms with Gasteiger partial charge in [0.1, 0.15) is 5.69 Å². The van der Waals surface area contributed by atoms with E-state index in [1.165, 1.54) is 0 Å². The number of rotatable bonds is 4. The molecule has 5 heteroatoms. The van der Waals surface area contributed by atoms with Crippen LogP contribution in [0.5, 0.6) is 0 Å². The topological polar surface area (TPSA) is 55.9 Å². The largest absolute Gasteiger partial charge is 0.354 e. The maximum atomic E-state index is 5.27. The fourth-order valence-electron chi connectivity index (χ4n) is 1.51. The van der Waals surface area contributed by atoms with Crippen molar-refractivity contribution in [3.8, 4) is 11.5 Å². The molecule has 0 spiro atoms. The van der Waals surface area contributed by atoms with E-state index in [1.807, 2.05) is 13.1 Å². The summed E-state index contributed by atoms with van der Waals surface area (Å²) in [5, 5.41) is 11.3. The van der Waals surface area contributed by atoms with Gasteiger partial charge in [-0.25, -0.2) is 0 Å². The lowest BCUT2D eigenvalue weighted by atomic mass is 10.2. The van der Waals surface area contributed by atoms with Gasteiger partial charge in [0.2, 0.25) is 0 Å². The van der Waals surface area contributed by atoms with E-state index in [-0.39, 0.29) is 0 Å². The van der Waals surface area contributed by atoms with E-state index in [1.54, 1.807) is 17.1 Å². The molecule has 0 amide bonds. The van der Waals surface area contributed by atoms with E-state index in [2.05, 4.69) is 29.4 Å². The van der Waals surface area contributed by atoms with Crippen molar-refractivity contribution in [3.05, 3.63) is 24.0 Å². The standard InChI is InChI=1S/C11H16N4O/c1-8(2)12-6-9-7-14-16-11(9)10-4-5-13-15(10)3/h4-5,7-8,12H,6H2,1-3H3. The Morgan fingerprint density at radius 1 is 1.50 bits per heavy atom. The van der Waals surface area contributed by atoms with E-state index >= 15 is 0 Å². The fraction of sp³-hybridized carbons (Fsp3) is 0.455. The minimum Gasteiger partial charge on any atom is -0.354 e. The number of hydrogen-bond donors (Lipinski definition) is 1. The Labute approximate surface area is 94.4 Å². The highest BCUT2D eigenvalue weighted by Gasteiger charge is 2.13. The third kappa shape index (κ3) is 2.14. The van der Waals surface area contributed by atoms with E-state index < -0.39 is 0 Å². The predicted octanol–water partition coefficient (Wildman–Crippen LogP) is 1.57. The van der Waals surface area contributed by atoms with Crippen molar-refractivity contribution in [2.24, 2.45) is 7.05 Å². The van der Waals surface area contributed by atoms with Gasteiger partial charge in [0.25, 0.3) is 0 Å². The quantitative estimate of drug-likeness (QED) is 0.849. The van der Waals surface area contributed by atoms with Gasteiger partial charge in [-0.3, -0.25) is 4.68 Å². The van der Waals surface area contributed by atoms with Crippen LogP contribution in [0.3, 0.4) is 0 Å². The van der Waals surface area contributed by atoms with Crippen molar-refractivity contribution in [1.82, 2.24) is 20.3 Å². The van der Waals surface area contributed by atoms with Crippen LogP contribution >= 0.6 is 0 Å². The van der Waals surface area contributed by atoms with Crippen molar-refractivity contribution in [2.75, 3.05) is 0 Å². The monoisotopic (exact) mass is 220 g/mol. The molecule has 0 aromatic carbocycles.